The maximum absolute atomic E-state index is 12.9. The zero-order valence-corrected chi connectivity index (χ0v) is 20.5. The van der Waals surface area contributed by atoms with Crippen LogP contribution in [0.5, 0.6) is 0 Å². The van der Waals surface area contributed by atoms with Crippen LogP contribution in [0.15, 0.2) is 71.2 Å². The molecular formula is C25H17BrCl2N2O3. The van der Waals surface area contributed by atoms with Crippen LogP contribution >= 0.6 is 39.1 Å². The third-order valence-corrected chi connectivity index (χ3v) is 6.65. The summed E-state index contributed by atoms with van der Waals surface area (Å²) in [5.74, 6) is -1.09. The number of amides is 1. The maximum Gasteiger partial charge on any atom is 0.339 e. The number of hydrogen-bond acceptors (Lipinski definition) is 4. The highest BCUT2D eigenvalue weighted by Crippen LogP contribution is 2.31. The summed E-state index contributed by atoms with van der Waals surface area (Å²) in [7, 11) is 0. The molecule has 0 saturated heterocycles. The zero-order valence-electron chi connectivity index (χ0n) is 17.4. The molecule has 0 aliphatic carbocycles. The first-order valence-corrected chi connectivity index (χ1v) is 11.5. The first-order chi connectivity index (χ1) is 15.8. The van der Waals surface area contributed by atoms with Gasteiger partial charge in [-0.05, 0) is 64.8 Å². The molecule has 0 saturated carbocycles. The van der Waals surface area contributed by atoms with Gasteiger partial charge in [-0.25, -0.2) is 9.78 Å². The van der Waals surface area contributed by atoms with Gasteiger partial charge in [0, 0.05) is 26.1 Å². The molecule has 0 fully saturated rings. The Kier molecular flexibility index (Phi) is 6.98. The van der Waals surface area contributed by atoms with Crippen molar-refractivity contribution in [2.24, 2.45) is 0 Å². The smallest absolute Gasteiger partial charge is 0.339 e. The molecule has 0 atom stereocenters. The molecule has 8 heteroatoms. The van der Waals surface area contributed by atoms with Crippen LogP contribution in [0.3, 0.4) is 0 Å². The predicted molar refractivity (Wildman–Crippen MR) is 135 cm³/mol. The van der Waals surface area contributed by atoms with Gasteiger partial charge in [0.1, 0.15) is 0 Å². The number of nitrogens with one attached hydrogen (secondary N) is 1. The molecule has 4 aromatic rings. The molecule has 33 heavy (non-hydrogen) atoms. The van der Waals surface area contributed by atoms with Gasteiger partial charge < -0.3 is 10.1 Å². The van der Waals surface area contributed by atoms with E-state index in [1.165, 1.54) is 0 Å². The normalized spacial score (nSPS) is 10.8. The van der Waals surface area contributed by atoms with Crippen LogP contribution in [-0.4, -0.2) is 23.5 Å². The molecule has 1 N–H and O–H groups in total. The minimum atomic E-state index is -0.621. The number of rotatable bonds is 5. The Morgan fingerprint density at radius 1 is 1.03 bits per heavy atom. The molecule has 1 aromatic heterocycles. The Morgan fingerprint density at radius 3 is 2.52 bits per heavy atom. The number of para-hydroxylation sites is 1. The number of ether oxygens (including phenoxy) is 1. The molecule has 5 nitrogen and oxygen atoms in total. The molecule has 0 aliphatic rings. The number of carbonyl (C=O) groups is 2. The van der Waals surface area contributed by atoms with Crippen LogP contribution in [0.4, 0.5) is 5.69 Å². The van der Waals surface area contributed by atoms with E-state index in [9.17, 15) is 9.59 Å². The SMILES string of the molecule is Cc1c(NC(=O)COC(=O)c2cc(-c3ccc(Cl)cc3)nc3ccccc23)ccc(Br)c1Cl. The molecule has 1 heterocycles. The Hall–Kier alpha value is -2.93. The lowest BCUT2D eigenvalue weighted by Gasteiger charge is -2.12. The third kappa shape index (κ3) is 5.19. The Morgan fingerprint density at radius 2 is 1.76 bits per heavy atom. The second kappa shape index (κ2) is 9.91. The monoisotopic (exact) mass is 542 g/mol. The molecule has 4 rings (SSSR count). The minimum Gasteiger partial charge on any atom is -0.452 e. The summed E-state index contributed by atoms with van der Waals surface area (Å²) < 4.78 is 6.06. The summed E-state index contributed by atoms with van der Waals surface area (Å²) in [5.41, 5.74) is 3.62. The van der Waals surface area contributed by atoms with Gasteiger partial charge in [-0.15, -0.1) is 0 Å². The zero-order chi connectivity index (χ0) is 23.5. The van der Waals surface area contributed by atoms with Crippen molar-refractivity contribution in [2.75, 3.05) is 11.9 Å². The number of aromatic nitrogens is 1. The van der Waals surface area contributed by atoms with E-state index in [0.717, 1.165) is 10.0 Å². The summed E-state index contributed by atoms with van der Waals surface area (Å²) in [6.45, 7) is 1.34. The number of carbonyl (C=O) groups excluding carboxylic acids is 2. The van der Waals surface area contributed by atoms with Gasteiger partial charge in [-0.3, -0.25) is 4.79 Å². The van der Waals surface area contributed by atoms with Gasteiger partial charge in [0.2, 0.25) is 0 Å². The number of esters is 1. The lowest BCUT2D eigenvalue weighted by atomic mass is 10.0. The molecule has 0 bridgehead atoms. The maximum atomic E-state index is 12.9. The number of benzene rings is 3. The Bertz CT molecular complexity index is 1370. The van der Waals surface area contributed by atoms with Gasteiger partial charge in [0.25, 0.3) is 5.91 Å². The number of fused-ring (bicyclic) bond motifs is 1. The van der Waals surface area contributed by atoms with E-state index in [1.54, 1.807) is 43.3 Å². The number of pyridine rings is 1. The summed E-state index contributed by atoms with van der Waals surface area (Å²) in [4.78, 5) is 30.0. The molecule has 166 valence electrons. The summed E-state index contributed by atoms with van der Waals surface area (Å²) in [6.07, 6.45) is 0. The topological polar surface area (TPSA) is 68.3 Å². The van der Waals surface area contributed by atoms with Crippen molar-refractivity contribution in [3.05, 3.63) is 92.4 Å². The van der Waals surface area contributed by atoms with Crippen molar-refractivity contribution in [2.45, 2.75) is 6.92 Å². The van der Waals surface area contributed by atoms with Crippen molar-refractivity contribution in [1.29, 1.82) is 0 Å². The van der Waals surface area contributed by atoms with Gasteiger partial charge >= 0.3 is 5.97 Å². The van der Waals surface area contributed by atoms with Gasteiger partial charge in [-0.1, -0.05) is 53.5 Å². The summed E-state index contributed by atoms with van der Waals surface area (Å²) in [5, 5.41) is 4.46. The number of halogens is 3. The van der Waals surface area contributed by atoms with E-state index >= 15 is 0 Å². The number of anilines is 1. The highest BCUT2D eigenvalue weighted by molar-refractivity contribution is 9.10. The van der Waals surface area contributed by atoms with Crippen LogP contribution in [-0.2, 0) is 9.53 Å². The van der Waals surface area contributed by atoms with E-state index in [-0.39, 0.29) is 0 Å². The summed E-state index contributed by atoms with van der Waals surface area (Å²) in [6, 6.07) is 19.5. The van der Waals surface area contributed by atoms with Crippen LogP contribution < -0.4 is 5.32 Å². The first-order valence-electron chi connectivity index (χ1n) is 9.91. The lowest BCUT2D eigenvalue weighted by Crippen LogP contribution is -2.21. The first kappa shape index (κ1) is 23.2. The van der Waals surface area contributed by atoms with E-state index in [2.05, 4.69) is 26.2 Å². The van der Waals surface area contributed by atoms with Gasteiger partial charge in [-0.2, -0.15) is 0 Å². The van der Waals surface area contributed by atoms with E-state index in [1.807, 2.05) is 30.3 Å². The second-order valence-corrected chi connectivity index (χ2v) is 8.91. The summed E-state index contributed by atoms with van der Waals surface area (Å²) >= 11 is 15.5. The van der Waals surface area contributed by atoms with Crippen LogP contribution in [0.2, 0.25) is 10.0 Å². The van der Waals surface area contributed by atoms with Crippen molar-refractivity contribution < 1.29 is 14.3 Å². The fourth-order valence-electron chi connectivity index (χ4n) is 3.30. The predicted octanol–water partition coefficient (Wildman–Crippen LogP) is 7.08. The van der Waals surface area contributed by atoms with Gasteiger partial charge in [0.15, 0.2) is 6.61 Å². The van der Waals surface area contributed by atoms with Gasteiger partial charge in [0.05, 0.1) is 21.8 Å². The fourth-order valence-corrected chi connectivity index (χ4v) is 4.02. The minimum absolute atomic E-state index is 0.321. The van der Waals surface area contributed by atoms with Crippen LogP contribution in [0.25, 0.3) is 22.2 Å². The number of hydrogen-bond donors (Lipinski definition) is 1. The van der Waals surface area contributed by atoms with Crippen molar-refractivity contribution in [3.63, 3.8) is 0 Å². The molecule has 3 aromatic carbocycles. The Labute approximate surface area is 208 Å². The van der Waals surface area contributed by atoms with Crippen LogP contribution in [0, 0.1) is 6.92 Å². The van der Waals surface area contributed by atoms with Crippen LogP contribution in [0.1, 0.15) is 15.9 Å². The molecule has 0 radical (unpaired) electrons. The van der Waals surface area contributed by atoms with Crippen molar-refractivity contribution in [1.82, 2.24) is 4.98 Å². The molecule has 0 aliphatic heterocycles. The standard InChI is InChI=1S/C25H17BrCl2N2O3/c1-14-20(11-10-19(26)24(14)28)30-23(31)13-33-25(32)18-12-22(15-6-8-16(27)9-7-15)29-21-5-3-2-4-17(18)21/h2-12H,13H2,1H3,(H,30,31). The fraction of sp³-hybridized carbons (Fsp3) is 0.0800. The average Bonchev–Trinajstić information content (AvgIpc) is 2.82. The van der Waals surface area contributed by atoms with E-state index < -0.39 is 18.5 Å². The largest absolute Gasteiger partial charge is 0.452 e. The number of nitrogens with zero attached hydrogens (tertiary/aromatic N) is 1. The highest BCUT2D eigenvalue weighted by atomic mass is 79.9. The quantitative estimate of drug-likeness (QED) is 0.273. The van der Waals surface area contributed by atoms with E-state index in [4.69, 9.17) is 27.9 Å². The highest BCUT2D eigenvalue weighted by Gasteiger charge is 2.17. The molecule has 0 spiro atoms. The second-order valence-electron chi connectivity index (χ2n) is 7.24. The third-order valence-electron chi connectivity index (χ3n) is 5.02. The Balaban J connectivity index is 1.56. The molecule has 0 unspecified atom stereocenters. The molecule has 1 amide bonds. The molecular weight excluding hydrogens is 527 g/mol. The van der Waals surface area contributed by atoms with E-state index in [0.29, 0.717) is 43.5 Å². The van der Waals surface area contributed by atoms with Crippen molar-refractivity contribution in [3.8, 4) is 11.3 Å². The lowest BCUT2D eigenvalue weighted by molar-refractivity contribution is -0.119. The van der Waals surface area contributed by atoms with Crippen molar-refractivity contribution >= 4 is 67.6 Å². The average molecular weight is 544 g/mol.